The molecule has 80 valence electrons. The summed E-state index contributed by atoms with van der Waals surface area (Å²) in [6.45, 7) is 0. The Kier molecular flexibility index (Phi) is 2.48. The van der Waals surface area contributed by atoms with Gasteiger partial charge in [-0.15, -0.1) is 0 Å². The van der Waals surface area contributed by atoms with Crippen molar-refractivity contribution < 1.29 is 18.7 Å². The highest BCUT2D eigenvalue weighted by atomic mass is 32.2. The van der Waals surface area contributed by atoms with E-state index in [2.05, 4.69) is 0 Å². The number of fused-ring (bicyclic) bond motifs is 2. The summed E-state index contributed by atoms with van der Waals surface area (Å²) >= 11 is -1.80. The largest absolute Gasteiger partial charge is 0.465 e. The fourth-order valence-corrected chi connectivity index (χ4v) is 3.38. The second kappa shape index (κ2) is 3.51. The summed E-state index contributed by atoms with van der Waals surface area (Å²) in [4.78, 5) is 12.3. The molecule has 14 heavy (non-hydrogen) atoms. The van der Waals surface area contributed by atoms with E-state index in [1.165, 1.54) is 4.90 Å². The van der Waals surface area contributed by atoms with E-state index in [1.54, 1.807) is 0 Å². The molecule has 2 rings (SSSR count). The molecule has 2 heterocycles. The van der Waals surface area contributed by atoms with E-state index >= 15 is 0 Å². The maximum atomic E-state index is 10.9. The molecule has 0 aromatic carbocycles. The highest BCUT2D eigenvalue weighted by Gasteiger charge is 2.44. The summed E-state index contributed by atoms with van der Waals surface area (Å²) < 4.78 is 19.9. The van der Waals surface area contributed by atoms with Gasteiger partial charge < -0.3 is 14.6 Å². The minimum absolute atomic E-state index is 0.0349. The Hall–Kier alpha value is -0.620. The predicted octanol–water partition coefficient (Wildman–Crippen LogP) is 0.882. The van der Waals surface area contributed by atoms with E-state index in [0.29, 0.717) is 12.8 Å². The number of carboxylic acid groups (broad SMARTS) is 1. The summed E-state index contributed by atoms with van der Waals surface area (Å²) in [7, 11) is 0. The van der Waals surface area contributed by atoms with E-state index in [9.17, 15) is 9.00 Å². The first-order valence-electron chi connectivity index (χ1n) is 4.70. The molecule has 2 N–H and O–H groups in total. The molecule has 0 saturated carbocycles. The fraction of sp³-hybridized carbons (Fsp3) is 0.875. The van der Waals surface area contributed by atoms with Crippen LogP contribution in [0.2, 0.25) is 0 Å². The molecular formula is C8H13NO4S. The topological polar surface area (TPSA) is 77.8 Å². The van der Waals surface area contributed by atoms with Gasteiger partial charge in [-0.25, -0.2) is 9.00 Å². The number of nitrogens with zero attached hydrogens (tertiary/aromatic N) is 1. The molecular weight excluding hydrogens is 206 g/mol. The van der Waals surface area contributed by atoms with Crippen LogP contribution in [0.1, 0.15) is 25.7 Å². The number of piperidine rings is 1. The van der Waals surface area contributed by atoms with Crippen LogP contribution in [0.5, 0.6) is 0 Å². The standard InChI is InChI=1S/C8H13NO4S/c10-8(11)9-5-1-2-6(9)4-7(3-5)14(12)13/h5-7H,1-4H2,(H,10,11)(H,12,13). The lowest BCUT2D eigenvalue weighted by molar-refractivity contribution is 0.103. The number of rotatable bonds is 1. The second-order valence-corrected chi connectivity index (χ2v) is 5.16. The van der Waals surface area contributed by atoms with Gasteiger partial charge in [-0.3, -0.25) is 0 Å². The van der Waals surface area contributed by atoms with E-state index in [0.717, 1.165) is 12.8 Å². The molecule has 3 atom stereocenters. The molecule has 2 fully saturated rings. The van der Waals surface area contributed by atoms with Crippen molar-refractivity contribution in [3.05, 3.63) is 0 Å². The second-order valence-electron chi connectivity index (χ2n) is 3.94. The van der Waals surface area contributed by atoms with Gasteiger partial charge in [0.1, 0.15) is 0 Å². The Balaban J connectivity index is 2.12. The van der Waals surface area contributed by atoms with Gasteiger partial charge in [0.25, 0.3) is 0 Å². The monoisotopic (exact) mass is 219 g/mol. The maximum Gasteiger partial charge on any atom is 0.407 e. The average Bonchev–Trinajstić information content (AvgIpc) is 2.37. The highest BCUT2D eigenvalue weighted by Crippen LogP contribution is 2.37. The Labute approximate surface area is 84.4 Å². The molecule has 2 aliphatic rings. The van der Waals surface area contributed by atoms with Gasteiger partial charge in [-0.1, -0.05) is 0 Å². The Morgan fingerprint density at radius 1 is 1.29 bits per heavy atom. The SMILES string of the molecule is O=C(O)N1C2CCC1CC(S(=O)O)C2. The van der Waals surface area contributed by atoms with E-state index in [1.807, 2.05) is 0 Å². The number of amides is 1. The molecule has 2 saturated heterocycles. The zero-order valence-corrected chi connectivity index (χ0v) is 8.44. The molecule has 0 spiro atoms. The summed E-state index contributed by atoms with van der Waals surface area (Å²) in [5.41, 5.74) is 0. The lowest BCUT2D eigenvalue weighted by atomic mass is 10.0. The maximum absolute atomic E-state index is 10.9. The Morgan fingerprint density at radius 3 is 2.14 bits per heavy atom. The van der Waals surface area contributed by atoms with Gasteiger partial charge >= 0.3 is 6.09 Å². The summed E-state index contributed by atoms with van der Waals surface area (Å²) in [6, 6.07) is -0.0697. The zero-order chi connectivity index (χ0) is 10.3. The molecule has 2 aliphatic heterocycles. The van der Waals surface area contributed by atoms with Gasteiger partial charge in [0, 0.05) is 12.1 Å². The van der Waals surface area contributed by atoms with Crippen LogP contribution < -0.4 is 0 Å². The van der Waals surface area contributed by atoms with Crippen molar-refractivity contribution >= 4 is 17.2 Å². The first-order chi connectivity index (χ1) is 6.59. The van der Waals surface area contributed by atoms with Crippen molar-refractivity contribution in [2.45, 2.75) is 43.0 Å². The van der Waals surface area contributed by atoms with Crippen molar-refractivity contribution in [1.29, 1.82) is 0 Å². The van der Waals surface area contributed by atoms with E-state index in [4.69, 9.17) is 9.66 Å². The molecule has 1 amide bonds. The van der Waals surface area contributed by atoms with Crippen LogP contribution in [0.15, 0.2) is 0 Å². The lowest BCUT2D eigenvalue weighted by Crippen LogP contribution is -2.48. The quantitative estimate of drug-likeness (QED) is 0.642. The predicted molar refractivity (Wildman–Crippen MR) is 50.5 cm³/mol. The van der Waals surface area contributed by atoms with E-state index < -0.39 is 17.2 Å². The van der Waals surface area contributed by atoms with Gasteiger partial charge in [0.2, 0.25) is 0 Å². The minimum Gasteiger partial charge on any atom is -0.465 e. The van der Waals surface area contributed by atoms with Gasteiger partial charge in [-0.2, -0.15) is 0 Å². The van der Waals surface area contributed by atoms with Crippen molar-refractivity contribution in [1.82, 2.24) is 4.90 Å². The smallest absolute Gasteiger partial charge is 0.407 e. The van der Waals surface area contributed by atoms with Crippen molar-refractivity contribution in [3.63, 3.8) is 0 Å². The molecule has 0 aliphatic carbocycles. The summed E-state index contributed by atoms with van der Waals surface area (Å²) in [6.07, 6.45) is 1.85. The number of carbonyl (C=O) groups is 1. The average molecular weight is 219 g/mol. The van der Waals surface area contributed by atoms with Crippen LogP contribution in [-0.4, -0.2) is 42.2 Å². The fourth-order valence-electron chi connectivity index (χ4n) is 2.60. The summed E-state index contributed by atoms with van der Waals surface area (Å²) in [5.74, 6) is 0. The molecule has 0 radical (unpaired) electrons. The normalized spacial score (nSPS) is 38.4. The van der Waals surface area contributed by atoms with Crippen molar-refractivity contribution in [2.24, 2.45) is 0 Å². The molecule has 6 heteroatoms. The third kappa shape index (κ3) is 1.52. The van der Waals surface area contributed by atoms with Crippen LogP contribution in [0, 0.1) is 0 Å². The van der Waals surface area contributed by atoms with Crippen LogP contribution >= 0.6 is 0 Å². The summed E-state index contributed by atoms with van der Waals surface area (Å²) in [5, 5.41) is 8.70. The third-order valence-electron chi connectivity index (χ3n) is 3.20. The number of hydrogen-bond donors (Lipinski definition) is 2. The van der Waals surface area contributed by atoms with Crippen LogP contribution in [-0.2, 0) is 11.1 Å². The zero-order valence-electron chi connectivity index (χ0n) is 7.63. The molecule has 0 aromatic heterocycles. The highest BCUT2D eigenvalue weighted by molar-refractivity contribution is 7.79. The minimum atomic E-state index is -1.80. The lowest BCUT2D eigenvalue weighted by Gasteiger charge is -2.35. The van der Waals surface area contributed by atoms with Gasteiger partial charge in [0.15, 0.2) is 11.1 Å². The van der Waals surface area contributed by atoms with Crippen molar-refractivity contribution in [2.75, 3.05) is 0 Å². The molecule has 5 nitrogen and oxygen atoms in total. The van der Waals surface area contributed by atoms with Gasteiger partial charge in [0.05, 0.1) is 5.25 Å². The number of hydrogen-bond acceptors (Lipinski definition) is 2. The van der Waals surface area contributed by atoms with Crippen LogP contribution in [0.4, 0.5) is 4.79 Å². The van der Waals surface area contributed by atoms with Crippen LogP contribution in [0.3, 0.4) is 0 Å². The van der Waals surface area contributed by atoms with Gasteiger partial charge in [-0.05, 0) is 25.7 Å². The van der Waals surface area contributed by atoms with Crippen molar-refractivity contribution in [3.8, 4) is 0 Å². The first-order valence-corrected chi connectivity index (χ1v) is 5.87. The first kappa shape index (κ1) is 9.92. The molecule has 0 aromatic rings. The molecule has 3 unspecified atom stereocenters. The van der Waals surface area contributed by atoms with E-state index in [-0.39, 0.29) is 17.3 Å². The Morgan fingerprint density at radius 2 is 1.79 bits per heavy atom. The molecule has 2 bridgehead atoms. The Bertz CT molecular complexity index is 269. The van der Waals surface area contributed by atoms with Crippen LogP contribution in [0.25, 0.3) is 0 Å². The third-order valence-corrected chi connectivity index (χ3v) is 4.15.